The van der Waals surface area contributed by atoms with Crippen molar-refractivity contribution in [2.45, 2.75) is 6.54 Å². The first kappa shape index (κ1) is 21.4. The minimum Gasteiger partial charge on any atom is -0.493 e. The fraction of sp³-hybridized carbons (Fsp3) is 0.136. The second-order valence-corrected chi connectivity index (χ2v) is 8.40. The third-order valence-electron chi connectivity index (χ3n) is 4.58. The first-order valence-electron chi connectivity index (χ1n) is 9.18. The highest BCUT2D eigenvalue weighted by molar-refractivity contribution is 7.22. The van der Waals surface area contributed by atoms with E-state index in [4.69, 9.17) is 32.7 Å². The molecule has 1 amide bonds. The lowest BCUT2D eigenvalue weighted by Crippen LogP contribution is -2.30. The van der Waals surface area contributed by atoms with Crippen molar-refractivity contribution >= 4 is 55.8 Å². The van der Waals surface area contributed by atoms with Gasteiger partial charge in [-0.1, -0.05) is 40.6 Å². The molecule has 9 heteroatoms. The number of methoxy groups -OCH3 is 2. The number of hydrogen-bond acceptors (Lipinski definition) is 6. The average Bonchev–Trinajstić information content (AvgIpc) is 3.20. The topological polar surface area (TPSA) is 64.5 Å². The molecule has 0 spiro atoms. The third kappa shape index (κ3) is 4.44. The summed E-state index contributed by atoms with van der Waals surface area (Å²) in [5.74, 6) is 0.845. The summed E-state index contributed by atoms with van der Waals surface area (Å²) in [6, 6.07) is 12.1. The van der Waals surface area contributed by atoms with E-state index in [0.29, 0.717) is 37.8 Å². The number of carbonyl (C=O) groups is 1. The Morgan fingerprint density at radius 3 is 2.58 bits per heavy atom. The Kier molecular flexibility index (Phi) is 6.27. The van der Waals surface area contributed by atoms with E-state index in [2.05, 4.69) is 9.97 Å². The van der Waals surface area contributed by atoms with Gasteiger partial charge in [-0.25, -0.2) is 4.98 Å². The number of thiazole rings is 1. The Labute approximate surface area is 193 Å². The number of halogens is 2. The van der Waals surface area contributed by atoms with Gasteiger partial charge in [0.25, 0.3) is 5.91 Å². The molecule has 0 radical (unpaired) electrons. The molecule has 31 heavy (non-hydrogen) atoms. The Bertz CT molecular complexity index is 1210. The molecule has 2 aromatic heterocycles. The Balaban J connectivity index is 1.82. The summed E-state index contributed by atoms with van der Waals surface area (Å²) in [7, 11) is 3.14. The van der Waals surface area contributed by atoms with Crippen LogP contribution in [0.2, 0.25) is 10.0 Å². The molecule has 2 aromatic carbocycles. The molecule has 0 aliphatic carbocycles. The maximum Gasteiger partial charge on any atom is 0.261 e. The van der Waals surface area contributed by atoms with Crippen LogP contribution in [-0.2, 0) is 6.54 Å². The largest absolute Gasteiger partial charge is 0.493 e. The van der Waals surface area contributed by atoms with E-state index in [1.54, 1.807) is 55.8 Å². The number of fused-ring (bicyclic) bond motifs is 1. The number of benzene rings is 2. The van der Waals surface area contributed by atoms with Crippen LogP contribution in [0.1, 0.15) is 15.9 Å². The molecule has 0 saturated carbocycles. The third-order valence-corrected chi connectivity index (χ3v) is 6.19. The number of anilines is 1. The molecule has 0 unspecified atom stereocenters. The number of amides is 1. The summed E-state index contributed by atoms with van der Waals surface area (Å²) < 4.78 is 11.6. The lowest BCUT2D eigenvalue weighted by Gasteiger charge is -2.20. The second kappa shape index (κ2) is 9.09. The highest BCUT2D eigenvalue weighted by Gasteiger charge is 2.24. The van der Waals surface area contributed by atoms with Crippen LogP contribution in [0.3, 0.4) is 0 Å². The van der Waals surface area contributed by atoms with Gasteiger partial charge in [0.05, 0.1) is 41.6 Å². The van der Waals surface area contributed by atoms with Gasteiger partial charge in [0.1, 0.15) is 0 Å². The minimum atomic E-state index is -0.311. The van der Waals surface area contributed by atoms with E-state index in [-0.39, 0.29) is 12.5 Å². The smallest absolute Gasteiger partial charge is 0.261 e. The quantitative estimate of drug-likeness (QED) is 0.350. The Hall–Kier alpha value is -2.87. The van der Waals surface area contributed by atoms with Crippen molar-refractivity contribution in [3.05, 3.63) is 76.0 Å². The van der Waals surface area contributed by atoms with Crippen LogP contribution >= 0.6 is 34.5 Å². The van der Waals surface area contributed by atoms with Gasteiger partial charge in [-0.2, -0.15) is 0 Å². The van der Waals surface area contributed by atoms with Crippen LogP contribution < -0.4 is 14.4 Å². The molecule has 158 valence electrons. The standard InChI is InChI=1S/C22H17Cl2N3O3S/c1-29-18-9-17-20(10-19(18)30-2)31-22(26-17)27(12-13-4-3-7-25-11-13)21(28)15-8-14(23)5-6-16(15)24/h3-11H,12H2,1-2H3. The monoisotopic (exact) mass is 473 g/mol. The molecule has 0 saturated heterocycles. The zero-order chi connectivity index (χ0) is 22.0. The highest BCUT2D eigenvalue weighted by atomic mass is 35.5. The van der Waals surface area contributed by atoms with Gasteiger partial charge in [0.15, 0.2) is 16.6 Å². The summed E-state index contributed by atoms with van der Waals surface area (Å²) in [6.07, 6.45) is 3.39. The molecule has 4 aromatic rings. The second-order valence-electron chi connectivity index (χ2n) is 6.55. The molecule has 0 atom stereocenters. The molecule has 0 aliphatic rings. The van der Waals surface area contributed by atoms with Gasteiger partial charge in [-0.05, 0) is 29.8 Å². The van der Waals surface area contributed by atoms with Crippen LogP contribution in [0.4, 0.5) is 5.13 Å². The lowest BCUT2D eigenvalue weighted by atomic mass is 10.2. The zero-order valence-corrected chi connectivity index (χ0v) is 19.0. The van der Waals surface area contributed by atoms with Gasteiger partial charge < -0.3 is 9.47 Å². The van der Waals surface area contributed by atoms with Crippen LogP contribution in [0.5, 0.6) is 11.5 Å². The average molecular weight is 474 g/mol. The van der Waals surface area contributed by atoms with Crippen LogP contribution in [0, 0.1) is 0 Å². The van der Waals surface area contributed by atoms with Crippen molar-refractivity contribution < 1.29 is 14.3 Å². The van der Waals surface area contributed by atoms with Crippen LogP contribution in [-0.4, -0.2) is 30.1 Å². The van der Waals surface area contributed by atoms with E-state index in [9.17, 15) is 4.79 Å². The summed E-state index contributed by atoms with van der Waals surface area (Å²) in [6.45, 7) is 0.267. The molecule has 2 heterocycles. The molecule has 0 bridgehead atoms. The fourth-order valence-electron chi connectivity index (χ4n) is 3.07. The predicted molar refractivity (Wildman–Crippen MR) is 124 cm³/mol. The number of hydrogen-bond donors (Lipinski definition) is 0. The van der Waals surface area contributed by atoms with Crippen LogP contribution in [0.15, 0.2) is 54.9 Å². The van der Waals surface area contributed by atoms with Crippen molar-refractivity contribution in [3.63, 3.8) is 0 Å². The molecular weight excluding hydrogens is 457 g/mol. The van der Waals surface area contributed by atoms with Crippen molar-refractivity contribution in [1.29, 1.82) is 0 Å². The van der Waals surface area contributed by atoms with Gasteiger partial charge in [-0.15, -0.1) is 0 Å². The van der Waals surface area contributed by atoms with E-state index in [1.165, 1.54) is 11.3 Å². The van der Waals surface area contributed by atoms with Crippen molar-refractivity contribution in [1.82, 2.24) is 9.97 Å². The van der Waals surface area contributed by atoms with E-state index < -0.39 is 0 Å². The maximum absolute atomic E-state index is 13.5. The normalized spacial score (nSPS) is 10.8. The van der Waals surface area contributed by atoms with Crippen LogP contribution in [0.25, 0.3) is 10.2 Å². The first-order valence-corrected chi connectivity index (χ1v) is 10.8. The molecular formula is C22H17Cl2N3O3S. The van der Waals surface area contributed by atoms with Gasteiger partial charge >= 0.3 is 0 Å². The van der Waals surface area contributed by atoms with Gasteiger partial charge in [-0.3, -0.25) is 14.7 Å². The van der Waals surface area contributed by atoms with Gasteiger partial charge in [0.2, 0.25) is 0 Å². The summed E-state index contributed by atoms with van der Waals surface area (Å²) in [5.41, 5.74) is 1.84. The number of rotatable bonds is 6. The van der Waals surface area contributed by atoms with Crippen molar-refractivity contribution in [3.8, 4) is 11.5 Å². The highest BCUT2D eigenvalue weighted by Crippen LogP contribution is 2.38. The molecule has 0 N–H and O–H groups in total. The molecule has 4 rings (SSSR count). The predicted octanol–water partition coefficient (Wildman–Crippen LogP) is 5.86. The minimum absolute atomic E-state index is 0.267. The fourth-order valence-corrected chi connectivity index (χ4v) is 4.41. The summed E-state index contributed by atoms with van der Waals surface area (Å²) in [4.78, 5) is 23.9. The number of pyridine rings is 1. The Morgan fingerprint density at radius 2 is 1.87 bits per heavy atom. The zero-order valence-electron chi connectivity index (χ0n) is 16.6. The summed E-state index contributed by atoms with van der Waals surface area (Å²) in [5, 5.41) is 1.25. The van der Waals surface area contributed by atoms with E-state index in [1.807, 2.05) is 18.2 Å². The lowest BCUT2D eigenvalue weighted by molar-refractivity contribution is 0.0985. The SMILES string of the molecule is COc1cc2nc(N(Cc3cccnc3)C(=O)c3cc(Cl)ccc3Cl)sc2cc1OC. The van der Waals surface area contributed by atoms with Gasteiger partial charge in [0, 0.05) is 29.5 Å². The van der Waals surface area contributed by atoms with E-state index >= 15 is 0 Å². The maximum atomic E-state index is 13.5. The first-order chi connectivity index (χ1) is 15.0. The molecule has 0 fully saturated rings. The van der Waals surface area contributed by atoms with Crippen molar-refractivity contribution in [2.75, 3.05) is 19.1 Å². The van der Waals surface area contributed by atoms with Crippen molar-refractivity contribution in [2.24, 2.45) is 0 Å². The number of nitrogens with zero attached hydrogens (tertiary/aromatic N) is 3. The summed E-state index contributed by atoms with van der Waals surface area (Å²) >= 11 is 13.8. The molecule has 0 aliphatic heterocycles. The molecule has 6 nitrogen and oxygen atoms in total. The Morgan fingerprint density at radius 1 is 1.10 bits per heavy atom. The number of aromatic nitrogens is 2. The number of carbonyl (C=O) groups excluding carboxylic acids is 1. The number of ether oxygens (including phenoxy) is 2. The van der Waals surface area contributed by atoms with E-state index in [0.717, 1.165) is 10.3 Å².